The highest BCUT2D eigenvalue weighted by Gasteiger charge is 2.12. The van der Waals surface area contributed by atoms with Gasteiger partial charge in [0.1, 0.15) is 5.75 Å². The molecule has 4 heteroatoms. The summed E-state index contributed by atoms with van der Waals surface area (Å²) in [4.78, 5) is 11.1. The van der Waals surface area contributed by atoms with E-state index in [2.05, 4.69) is 41.8 Å². The van der Waals surface area contributed by atoms with Gasteiger partial charge >= 0.3 is 0 Å². The number of aryl methyl sites for hydroxylation is 1. The summed E-state index contributed by atoms with van der Waals surface area (Å²) in [5, 5.41) is 0. The first kappa shape index (κ1) is 15.4. The van der Waals surface area contributed by atoms with Crippen molar-refractivity contribution >= 4 is 0 Å². The van der Waals surface area contributed by atoms with Crippen LogP contribution >= 0.6 is 0 Å². The highest BCUT2D eigenvalue weighted by atomic mass is 16.5. The summed E-state index contributed by atoms with van der Waals surface area (Å²) < 4.78 is 5.24. The van der Waals surface area contributed by atoms with Crippen LogP contribution in [0.4, 0.5) is 0 Å². The molecule has 0 aliphatic heterocycles. The minimum absolute atomic E-state index is 0.396. The lowest BCUT2D eigenvalue weighted by molar-refractivity contribution is 0.243. The first-order valence-corrected chi connectivity index (χ1v) is 7.19. The van der Waals surface area contributed by atoms with Gasteiger partial charge in [0.05, 0.1) is 12.8 Å². The van der Waals surface area contributed by atoms with Crippen molar-refractivity contribution in [2.45, 2.75) is 32.9 Å². The fraction of sp³-hybridized carbons (Fsp3) is 0.412. The quantitative estimate of drug-likeness (QED) is 0.818. The van der Waals surface area contributed by atoms with Gasteiger partial charge in [0, 0.05) is 43.2 Å². The van der Waals surface area contributed by atoms with E-state index in [0.29, 0.717) is 6.04 Å². The number of hydrogen-bond acceptors (Lipinski definition) is 4. The third kappa shape index (κ3) is 4.53. The lowest BCUT2D eigenvalue weighted by atomic mass is 10.1. The van der Waals surface area contributed by atoms with Crippen LogP contribution < -0.4 is 4.74 Å². The second kappa shape index (κ2) is 7.18. The molecule has 0 saturated carbocycles. The van der Waals surface area contributed by atoms with E-state index in [-0.39, 0.29) is 0 Å². The van der Waals surface area contributed by atoms with Crippen molar-refractivity contribution in [3.63, 3.8) is 0 Å². The molecule has 0 aromatic carbocycles. The number of pyridine rings is 2. The molecule has 2 aromatic heterocycles. The first-order chi connectivity index (χ1) is 10.1. The Kier molecular flexibility index (Phi) is 5.28. The van der Waals surface area contributed by atoms with E-state index in [1.54, 1.807) is 13.3 Å². The molecule has 2 heterocycles. The van der Waals surface area contributed by atoms with Gasteiger partial charge in [0.25, 0.3) is 0 Å². The molecule has 112 valence electrons. The van der Waals surface area contributed by atoms with Crippen molar-refractivity contribution in [3.8, 4) is 5.75 Å². The van der Waals surface area contributed by atoms with Crippen LogP contribution in [-0.4, -0.2) is 35.1 Å². The highest BCUT2D eigenvalue weighted by Crippen LogP contribution is 2.14. The molecule has 0 bridgehead atoms. The Bertz CT molecular complexity index is 586. The molecule has 0 spiro atoms. The molecule has 1 atom stereocenters. The van der Waals surface area contributed by atoms with E-state index >= 15 is 0 Å². The number of ether oxygens (including phenoxy) is 1. The van der Waals surface area contributed by atoms with Gasteiger partial charge in [-0.05, 0) is 44.7 Å². The molecule has 21 heavy (non-hydrogen) atoms. The van der Waals surface area contributed by atoms with Crippen LogP contribution in [0.15, 0.2) is 36.7 Å². The number of hydrogen-bond donors (Lipinski definition) is 0. The van der Waals surface area contributed by atoms with Gasteiger partial charge in [0.2, 0.25) is 0 Å². The molecule has 0 N–H and O–H groups in total. The van der Waals surface area contributed by atoms with E-state index in [4.69, 9.17) is 4.74 Å². The molecule has 4 nitrogen and oxygen atoms in total. The van der Waals surface area contributed by atoms with Gasteiger partial charge in [0.15, 0.2) is 0 Å². The summed E-state index contributed by atoms with van der Waals surface area (Å²) in [7, 11) is 3.79. The fourth-order valence-electron chi connectivity index (χ4n) is 2.25. The van der Waals surface area contributed by atoms with Gasteiger partial charge in [-0.1, -0.05) is 0 Å². The number of nitrogens with zero attached hydrogens (tertiary/aromatic N) is 3. The van der Waals surface area contributed by atoms with Gasteiger partial charge in [-0.3, -0.25) is 14.9 Å². The van der Waals surface area contributed by atoms with E-state index in [1.807, 2.05) is 24.4 Å². The Morgan fingerprint density at radius 1 is 1.14 bits per heavy atom. The van der Waals surface area contributed by atoms with Crippen LogP contribution in [0.2, 0.25) is 0 Å². The maximum Gasteiger partial charge on any atom is 0.122 e. The summed E-state index contributed by atoms with van der Waals surface area (Å²) in [6.07, 6.45) is 4.60. The smallest absolute Gasteiger partial charge is 0.122 e. The minimum Gasteiger partial charge on any atom is -0.497 e. The second-order valence-electron chi connectivity index (χ2n) is 5.48. The first-order valence-electron chi connectivity index (χ1n) is 7.19. The molecular weight excluding hydrogens is 262 g/mol. The summed E-state index contributed by atoms with van der Waals surface area (Å²) in [6.45, 7) is 5.11. The maximum absolute atomic E-state index is 5.24. The lowest BCUT2D eigenvalue weighted by Gasteiger charge is -2.24. The highest BCUT2D eigenvalue weighted by molar-refractivity contribution is 5.22. The molecule has 0 aliphatic rings. The van der Waals surface area contributed by atoms with Crippen molar-refractivity contribution in [2.75, 3.05) is 14.2 Å². The third-order valence-electron chi connectivity index (χ3n) is 3.66. The van der Waals surface area contributed by atoms with Crippen molar-refractivity contribution in [1.82, 2.24) is 14.9 Å². The SMILES string of the molecule is COc1ccnc(CN(C)C(C)Cc2cc(C)ccn2)c1. The topological polar surface area (TPSA) is 38.2 Å². The summed E-state index contributed by atoms with van der Waals surface area (Å²) in [6, 6.07) is 8.41. The number of likely N-dealkylation sites (N-methyl/N-ethyl adjacent to an activating group) is 1. The summed E-state index contributed by atoms with van der Waals surface area (Å²) >= 11 is 0. The third-order valence-corrected chi connectivity index (χ3v) is 3.66. The van der Waals surface area contributed by atoms with Gasteiger partial charge in [-0.2, -0.15) is 0 Å². The molecule has 1 unspecified atom stereocenters. The van der Waals surface area contributed by atoms with Crippen LogP contribution in [0.1, 0.15) is 23.9 Å². The van der Waals surface area contributed by atoms with Crippen molar-refractivity contribution < 1.29 is 4.74 Å². The molecule has 0 aliphatic carbocycles. The van der Waals surface area contributed by atoms with E-state index in [1.165, 1.54) is 5.56 Å². The van der Waals surface area contributed by atoms with Crippen molar-refractivity contribution in [3.05, 3.63) is 53.6 Å². The monoisotopic (exact) mass is 285 g/mol. The van der Waals surface area contributed by atoms with Crippen LogP contribution in [0.5, 0.6) is 5.75 Å². The molecule has 0 fully saturated rings. The molecule has 0 radical (unpaired) electrons. The van der Waals surface area contributed by atoms with Gasteiger partial charge in [-0.15, -0.1) is 0 Å². The van der Waals surface area contributed by atoms with Gasteiger partial charge in [-0.25, -0.2) is 0 Å². The van der Waals surface area contributed by atoms with Crippen molar-refractivity contribution in [2.24, 2.45) is 0 Å². The van der Waals surface area contributed by atoms with Crippen LogP contribution in [0, 0.1) is 6.92 Å². The van der Waals surface area contributed by atoms with E-state index < -0.39 is 0 Å². The van der Waals surface area contributed by atoms with Crippen molar-refractivity contribution in [1.29, 1.82) is 0 Å². The Hall–Kier alpha value is -1.94. The zero-order valence-electron chi connectivity index (χ0n) is 13.2. The Morgan fingerprint density at radius 3 is 2.57 bits per heavy atom. The minimum atomic E-state index is 0.396. The van der Waals surface area contributed by atoms with E-state index in [0.717, 1.165) is 30.1 Å². The normalized spacial score (nSPS) is 12.4. The Morgan fingerprint density at radius 2 is 1.86 bits per heavy atom. The summed E-state index contributed by atoms with van der Waals surface area (Å²) in [5.41, 5.74) is 3.40. The van der Waals surface area contributed by atoms with Crippen LogP contribution in [0.25, 0.3) is 0 Å². The van der Waals surface area contributed by atoms with E-state index in [9.17, 15) is 0 Å². The number of rotatable bonds is 6. The molecular formula is C17H23N3O. The Labute approximate surface area is 126 Å². The Balaban J connectivity index is 1.97. The predicted octanol–water partition coefficient (Wildman–Crippen LogP) is 2.86. The zero-order valence-corrected chi connectivity index (χ0v) is 13.2. The largest absolute Gasteiger partial charge is 0.497 e. The fourth-order valence-corrected chi connectivity index (χ4v) is 2.25. The number of methoxy groups -OCH3 is 1. The summed E-state index contributed by atoms with van der Waals surface area (Å²) in [5.74, 6) is 0.849. The maximum atomic E-state index is 5.24. The lowest BCUT2D eigenvalue weighted by Crippen LogP contribution is -2.31. The molecule has 2 rings (SSSR count). The molecule has 2 aromatic rings. The average molecular weight is 285 g/mol. The molecule has 0 amide bonds. The number of aromatic nitrogens is 2. The average Bonchev–Trinajstić information content (AvgIpc) is 2.47. The second-order valence-corrected chi connectivity index (χ2v) is 5.48. The van der Waals surface area contributed by atoms with Crippen LogP contribution in [0.3, 0.4) is 0 Å². The van der Waals surface area contributed by atoms with Gasteiger partial charge < -0.3 is 4.74 Å². The predicted molar refractivity (Wildman–Crippen MR) is 84.4 cm³/mol. The van der Waals surface area contributed by atoms with Crippen LogP contribution in [-0.2, 0) is 13.0 Å². The standard InChI is InChI=1S/C17H23N3O/c1-13-5-7-18-15(9-13)10-14(2)20(3)12-16-11-17(21-4)6-8-19-16/h5-9,11,14H,10,12H2,1-4H3. The zero-order chi connectivity index (χ0) is 15.2. The molecule has 0 saturated heterocycles.